The highest BCUT2D eigenvalue weighted by atomic mass is 16.5. The number of nitrogens with two attached hydrogens (primary N) is 11. The second kappa shape index (κ2) is 36.2. The lowest BCUT2D eigenvalue weighted by Crippen LogP contribution is -2.59. The van der Waals surface area contributed by atoms with Crippen molar-refractivity contribution in [3.8, 4) is 28.5 Å². The number of benzene rings is 3. The Bertz CT molecular complexity index is 3460. The predicted molar refractivity (Wildman–Crippen MR) is 359 cm³/mol. The lowest BCUT2D eigenvalue weighted by Gasteiger charge is -2.34. The first kappa shape index (κ1) is 71.4. The largest absolute Gasteiger partial charge is 0.494 e. The number of amides is 6. The molecule has 0 radical (unpaired) electrons. The van der Waals surface area contributed by atoms with Gasteiger partial charge in [-0.2, -0.15) is 0 Å². The number of carbonyl (C=O) groups excluding carboxylic acids is 6. The third kappa shape index (κ3) is 24.2. The average molecular weight is 1290 g/mol. The summed E-state index contributed by atoms with van der Waals surface area (Å²) in [6.45, 7) is 4.51. The number of H-pyrrole nitrogens is 2. The summed E-state index contributed by atoms with van der Waals surface area (Å²) in [6.07, 6.45) is 1.09. The van der Waals surface area contributed by atoms with E-state index in [0.29, 0.717) is 11.6 Å². The minimum Gasteiger partial charge on any atom is -0.494 e. The molecule has 34 heteroatoms. The topological polar surface area (TPSA) is 584 Å². The van der Waals surface area contributed by atoms with Crippen LogP contribution >= 0.6 is 0 Å². The zero-order valence-corrected chi connectivity index (χ0v) is 52.5. The average Bonchev–Trinajstić information content (AvgIpc) is 1.66. The van der Waals surface area contributed by atoms with Crippen LogP contribution in [0.5, 0.6) is 5.75 Å². The number of hydrogen-bond donors (Lipinski definition) is 18. The third-order valence-electron chi connectivity index (χ3n) is 15.0. The number of aromatic nitrogens is 4. The Morgan fingerprint density at radius 2 is 0.882 bits per heavy atom. The Hall–Kier alpha value is -10.7. The number of piperazine rings is 1. The lowest BCUT2D eigenvalue weighted by molar-refractivity contribution is -0.135. The number of rotatable bonds is 38. The van der Waals surface area contributed by atoms with Gasteiger partial charge in [0.2, 0.25) is 35.4 Å². The van der Waals surface area contributed by atoms with Gasteiger partial charge in [-0.3, -0.25) is 53.7 Å². The Morgan fingerprint density at radius 1 is 0.484 bits per heavy atom. The van der Waals surface area contributed by atoms with Crippen LogP contribution in [0.15, 0.2) is 85.6 Å². The van der Waals surface area contributed by atoms with Crippen LogP contribution in [0.1, 0.15) is 77.0 Å². The molecule has 1 aliphatic rings. The molecule has 1 saturated heterocycles. The van der Waals surface area contributed by atoms with Crippen molar-refractivity contribution < 1.29 is 33.5 Å². The number of aromatic amines is 2. The lowest BCUT2D eigenvalue weighted by atomic mass is 10.0. The van der Waals surface area contributed by atoms with Crippen LogP contribution < -0.4 is 99.3 Å². The molecule has 29 N–H and O–H groups in total. The number of guanidine groups is 5. The fourth-order valence-electron chi connectivity index (χ4n) is 10.1. The smallest absolute Gasteiger partial charge is 0.243 e. The van der Waals surface area contributed by atoms with Crippen molar-refractivity contribution in [1.82, 2.24) is 51.4 Å². The first-order chi connectivity index (χ1) is 44.5. The van der Waals surface area contributed by atoms with Gasteiger partial charge < -0.3 is 114 Å². The molecule has 0 aliphatic carbocycles. The number of nitrogens with one attached hydrogen (secondary N) is 7. The number of aliphatic imine (C=N–C) groups is 5. The van der Waals surface area contributed by atoms with Crippen LogP contribution in [-0.2, 0) is 28.8 Å². The van der Waals surface area contributed by atoms with Gasteiger partial charge in [-0.25, -0.2) is 9.97 Å². The van der Waals surface area contributed by atoms with E-state index in [1.165, 1.54) is 0 Å². The monoisotopic (exact) mass is 1290 g/mol. The fraction of sp³-hybridized carbons (Fsp3) is 0.475. The number of likely N-dealkylation sites (N-methyl/N-ethyl adjacent to an activating group) is 1. The van der Waals surface area contributed by atoms with E-state index in [-0.39, 0.29) is 146 Å². The molecule has 0 unspecified atom stereocenters. The van der Waals surface area contributed by atoms with Crippen LogP contribution in [0, 0.1) is 0 Å². The summed E-state index contributed by atoms with van der Waals surface area (Å²) < 4.78 is 6.11. The summed E-state index contributed by atoms with van der Waals surface area (Å²) in [5.74, 6) is -3.61. The molecule has 5 aromatic rings. The Morgan fingerprint density at radius 3 is 1.32 bits per heavy atom. The van der Waals surface area contributed by atoms with E-state index in [9.17, 15) is 28.8 Å². The van der Waals surface area contributed by atoms with Gasteiger partial charge in [0.1, 0.15) is 47.6 Å². The molecule has 3 heterocycles. The zero-order chi connectivity index (χ0) is 67.4. The van der Waals surface area contributed by atoms with Gasteiger partial charge in [-0.15, -0.1) is 0 Å². The van der Waals surface area contributed by atoms with Crippen molar-refractivity contribution in [2.45, 2.75) is 107 Å². The molecule has 6 amide bonds. The van der Waals surface area contributed by atoms with E-state index in [1.54, 1.807) is 6.07 Å². The number of fused-ring (bicyclic) bond motifs is 2. The molecule has 504 valence electrons. The Kier molecular flexibility index (Phi) is 27.8. The molecule has 93 heavy (non-hydrogen) atoms. The quantitative estimate of drug-likeness (QED) is 0.0105. The zero-order valence-electron chi connectivity index (χ0n) is 52.5. The van der Waals surface area contributed by atoms with Gasteiger partial charge in [-0.1, -0.05) is 12.1 Å². The second-order valence-corrected chi connectivity index (χ2v) is 22.4. The van der Waals surface area contributed by atoms with Gasteiger partial charge in [0, 0.05) is 82.1 Å². The molecule has 5 atom stereocenters. The van der Waals surface area contributed by atoms with E-state index in [1.807, 2.05) is 36.4 Å². The van der Waals surface area contributed by atoms with E-state index in [4.69, 9.17) is 77.8 Å². The van der Waals surface area contributed by atoms with Gasteiger partial charge >= 0.3 is 0 Å². The number of nitrogens with zero attached hydrogens (tertiary/aromatic N) is 9. The first-order valence-electron chi connectivity index (χ1n) is 30.8. The van der Waals surface area contributed by atoms with Crippen LogP contribution in [0.3, 0.4) is 0 Å². The van der Waals surface area contributed by atoms with E-state index >= 15 is 0 Å². The van der Waals surface area contributed by atoms with Crippen LogP contribution in [0.25, 0.3) is 44.8 Å². The third-order valence-corrected chi connectivity index (χ3v) is 15.0. The standard InChI is InChI=1S/C59H91N27O7/c1-85-26-28-86(29-27-85)36-18-20-39-46(33-36)80-50(78-39)35-17-19-38-45(32-35)79-49(77-38)34-9-2-10-37(31-34)93-30-8-16-47(87)76-41(12-4-22-72-56(63)64)51(89)82-43(14-6-24-74-58(67)68)53(91)84-44(15-7-25-75-59(69)70)54(92)83-42(13-5-23-73-57(65)66)52(90)81-40(48(60)88)11-3-21-71-55(61)62/h2,9-10,17-20,31-33,40-44H,3-8,11-16,21-30H2,1H3,(H2,60,88)(H,76,87)(H,77,79)(H,78,80)(H,81,90)(H,82,89)(H,83,92)(H,84,91)(H4,61,62,71)(H4,63,64,72)(H4,65,66,73)(H4,67,68,74)(H4,69,70,75)/t40-,41-,42-,43-,44-/m0/s1. The SMILES string of the molecule is CN1CCN(c2ccc3nc(-c4ccc5nc(-c6cccc(OCCCC(=O)N[C@@H](CCCN=C(N)N)C(=O)N[C@@H](CCCN=C(N)N)C(=O)N[C@@H](CCCN=C(N)N)C(=O)N[C@@H](CCCN=C(N)N)C(=O)N[C@@H](CCCN=C(N)N)C(N)=O)c6)[nH]c5c4)[nH]c3c2)CC1. The van der Waals surface area contributed by atoms with Crippen molar-refractivity contribution in [1.29, 1.82) is 0 Å². The van der Waals surface area contributed by atoms with E-state index < -0.39 is 65.7 Å². The molecular weight excluding hydrogens is 1200 g/mol. The van der Waals surface area contributed by atoms with Crippen LogP contribution in [0.2, 0.25) is 0 Å². The summed E-state index contributed by atoms with van der Waals surface area (Å²) in [4.78, 5) is 124. The minimum absolute atomic E-state index is 0.0382. The number of primary amides is 1. The molecule has 6 rings (SSSR count). The highest BCUT2D eigenvalue weighted by Gasteiger charge is 2.32. The highest BCUT2D eigenvalue weighted by molar-refractivity contribution is 5.96. The van der Waals surface area contributed by atoms with Crippen molar-refractivity contribution in [2.75, 3.05) is 77.5 Å². The van der Waals surface area contributed by atoms with E-state index in [2.05, 4.69) is 96.6 Å². The van der Waals surface area contributed by atoms with Crippen LogP contribution in [-0.4, -0.2) is 193 Å². The predicted octanol–water partition coefficient (Wildman–Crippen LogP) is -3.14. The Labute approximate surface area is 538 Å². The van der Waals surface area contributed by atoms with Crippen LogP contribution in [0.4, 0.5) is 5.69 Å². The highest BCUT2D eigenvalue weighted by Crippen LogP contribution is 2.29. The number of anilines is 1. The minimum atomic E-state index is -1.38. The number of hydrogen-bond acceptors (Lipinski definition) is 16. The molecule has 1 fully saturated rings. The maximum atomic E-state index is 14.5. The van der Waals surface area contributed by atoms with E-state index in [0.717, 1.165) is 70.9 Å². The molecule has 2 aromatic heterocycles. The molecule has 0 bridgehead atoms. The molecular formula is C59H91N27O7. The maximum absolute atomic E-state index is 14.5. The summed E-state index contributed by atoms with van der Waals surface area (Å²) in [5, 5.41) is 13.5. The van der Waals surface area contributed by atoms with Gasteiger partial charge in [-0.05, 0) is 126 Å². The van der Waals surface area contributed by atoms with Crippen molar-refractivity contribution >= 4 is 93.0 Å². The molecule has 1 aliphatic heterocycles. The van der Waals surface area contributed by atoms with Crippen molar-refractivity contribution in [3.05, 3.63) is 60.7 Å². The first-order valence-corrected chi connectivity index (χ1v) is 30.8. The summed E-state index contributed by atoms with van der Waals surface area (Å²) in [7, 11) is 2.14. The number of imidazole rings is 2. The van der Waals surface area contributed by atoms with Crippen molar-refractivity contribution in [2.24, 2.45) is 88.0 Å². The maximum Gasteiger partial charge on any atom is 0.243 e. The Balaban J connectivity index is 1.11. The summed E-state index contributed by atoms with van der Waals surface area (Å²) in [5.41, 5.74) is 67.2. The van der Waals surface area contributed by atoms with Crippen molar-refractivity contribution in [3.63, 3.8) is 0 Å². The normalized spacial score (nSPS) is 13.8. The second-order valence-electron chi connectivity index (χ2n) is 22.4. The summed E-state index contributed by atoms with van der Waals surface area (Å²) in [6, 6.07) is 13.2. The van der Waals surface area contributed by atoms with Gasteiger partial charge in [0.05, 0.1) is 28.7 Å². The molecule has 0 spiro atoms. The molecule has 0 saturated carbocycles. The number of ether oxygens (including phenoxy) is 1. The molecule has 3 aromatic carbocycles. The summed E-state index contributed by atoms with van der Waals surface area (Å²) >= 11 is 0. The number of carbonyl (C=O) groups is 6. The van der Waals surface area contributed by atoms with Gasteiger partial charge in [0.25, 0.3) is 0 Å². The van der Waals surface area contributed by atoms with Gasteiger partial charge in [0.15, 0.2) is 29.8 Å². The fourth-order valence-corrected chi connectivity index (χ4v) is 10.1. The molecule has 34 nitrogen and oxygen atoms in total.